The van der Waals surface area contributed by atoms with Crippen LogP contribution >= 0.6 is 0 Å². The Labute approximate surface area is 111 Å². The lowest BCUT2D eigenvalue weighted by Gasteiger charge is -2.11. The molecule has 1 amide bonds. The Morgan fingerprint density at radius 2 is 2.16 bits per heavy atom. The van der Waals surface area contributed by atoms with Gasteiger partial charge in [0.2, 0.25) is 0 Å². The van der Waals surface area contributed by atoms with E-state index in [0.29, 0.717) is 18.5 Å². The van der Waals surface area contributed by atoms with Crippen molar-refractivity contribution in [1.82, 2.24) is 5.32 Å². The molecule has 0 unspecified atom stereocenters. The molecule has 19 heavy (non-hydrogen) atoms. The topological polar surface area (TPSA) is 73.1 Å². The van der Waals surface area contributed by atoms with Crippen LogP contribution in [0.25, 0.3) is 10.8 Å². The molecule has 0 aliphatic rings. The SMILES string of the molecule is Cc1c(CCNC(=O)O)c(C#N)cc2ccccc12. The van der Waals surface area contributed by atoms with E-state index in [1.54, 1.807) is 0 Å². The molecule has 0 aliphatic heterocycles. The first-order chi connectivity index (χ1) is 9.13. The van der Waals surface area contributed by atoms with Gasteiger partial charge >= 0.3 is 6.09 Å². The lowest BCUT2D eigenvalue weighted by Crippen LogP contribution is -2.23. The number of fused-ring (bicyclic) bond motifs is 1. The van der Waals surface area contributed by atoms with Crippen LogP contribution < -0.4 is 5.32 Å². The molecule has 0 aliphatic carbocycles. The van der Waals surface area contributed by atoms with E-state index in [2.05, 4.69) is 11.4 Å². The number of hydrogen-bond donors (Lipinski definition) is 2. The second-order valence-electron chi connectivity index (χ2n) is 4.34. The lowest BCUT2D eigenvalue weighted by molar-refractivity contribution is 0.194. The number of nitriles is 1. The van der Waals surface area contributed by atoms with Crippen molar-refractivity contribution in [3.8, 4) is 6.07 Å². The van der Waals surface area contributed by atoms with Gasteiger partial charge in [0, 0.05) is 6.54 Å². The standard InChI is InChI=1S/C15H14N2O2/c1-10-13-5-3-2-4-11(13)8-12(9-16)14(10)6-7-17-15(18)19/h2-5,8,17H,6-7H2,1H3,(H,18,19). The van der Waals surface area contributed by atoms with Gasteiger partial charge in [-0.05, 0) is 41.3 Å². The maximum Gasteiger partial charge on any atom is 0.404 e. The zero-order valence-corrected chi connectivity index (χ0v) is 10.6. The number of nitrogens with zero attached hydrogens (tertiary/aromatic N) is 1. The van der Waals surface area contributed by atoms with Crippen LogP contribution in [0.15, 0.2) is 30.3 Å². The molecular formula is C15H14N2O2. The Morgan fingerprint density at radius 1 is 1.42 bits per heavy atom. The van der Waals surface area contributed by atoms with Crippen molar-refractivity contribution in [2.45, 2.75) is 13.3 Å². The van der Waals surface area contributed by atoms with Crippen LogP contribution in [0.5, 0.6) is 0 Å². The molecule has 2 aromatic carbocycles. The van der Waals surface area contributed by atoms with Gasteiger partial charge in [-0.1, -0.05) is 24.3 Å². The van der Waals surface area contributed by atoms with Gasteiger partial charge in [-0.15, -0.1) is 0 Å². The number of carboxylic acid groups (broad SMARTS) is 1. The molecule has 0 bridgehead atoms. The first-order valence-corrected chi connectivity index (χ1v) is 6.01. The largest absolute Gasteiger partial charge is 0.465 e. The highest BCUT2D eigenvalue weighted by Crippen LogP contribution is 2.25. The summed E-state index contributed by atoms with van der Waals surface area (Å²) in [5.41, 5.74) is 2.57. The minimum Gasteiger partial charge on any atom is -0.465 e. The predicted octanol–water partition coefficient (Wildman–Crippen LogP) is 2.83. The highest BCUT2D eigenvalue weighted by atomic mass is 16.4. The summed E-state index contributed by atoms with van der Waals surface area (Å²) in [5, 5.41) is 22.3. The highest BCUT2D eigenvalue weighted by Gasteiger charge is 2.10. The summed E-state index contributed by atoms with van der Waals surface area (Å²) in [6.45, 7) is 2.28. The van der Waals surface area contributed by atoms with Gasteiger partial charge in [0.25, 0.3) is 0 Å². The van der Waals surface area contributed by atoms with E-state index in [1.807, 2.05) is 37.3 Å². The molecule has 4 nitrogen and oxygen atoms in total. The number of nitrogens with one attached hydrogen (secondary N) is 1. The highest BCUT2D eigenvalue weighted by molar-refractivity contribution is 5.88. The van der Waals surface area contributed by atoms with E-state index in [4.69, 9.17) is 5.11 Å². The summed E-state index contributed by atoms with van der Waals surface area (Å²) < 4.78 is 0. The number of hydrogen-bond acceptors (Lipinski definition) is 2. The van der Waals surface area contributed by atoms with Crippen LogP contribution in [-0.2, 0) is 6.42 Å². The quantitative estimate of drug-likeness (QED) is 0.884. The van der Waals surface area contributed by atoms with Crippen LogP contribution in [0.4, 0.5) is 4.79 Å². The molecule has 0 saturated carbocycles. The second kappa shape index (κ2) is 5.40. The Bertz CT molecular complexity index is 672. The van der Waals surface area contributed by atoms with Crippen molar-refractivity contribution >= 4 is 16.9 Å². The molecule has 2 N–H and O–H groups in total. The van der Waals surface area contributed by atoms with E-state index < -0.39 is 6.09 Å². The Kier molecular flexibility index (Phi) is 3.67. The third-order valence-electron chi connectivity index (χ3n) is 3.21. The summed E-state index contributed by atoms with van der Waals surface area (Å²) in [5.74, 6) is 0. The monoisotopic (exact) mass is 254 g/mol. The number of benzene rings is 2. The minimum atomic E-state index is -1.04. The maximum absolute atomic E-state index is 10.5. The minimum absolute atomic E-state index is 0.309. The zero-order chi connectivity index (χ0) is 13.8. The van der Waals surface area contributed by atoms with Gasteiger partial charge in [0.15, 0.2) is 0 Å². The molecule has 4 heteroatoms. The first kappa shape index (κ1) is 12.9. The van der Waals surface area contributed by atoms with Crippen molar-refractivity contribution in [2.24, 2.45) is 0 Å². The molecular weight excluding hydrogens is 240 g/mol. The Morgan fingerprint density at radius 3 is 2.84 bits per heavy atom. The molecule has 0 radical (unpaired) electrons. The van der Waals surface area contributed by atoms with Gasteiger partial charge in [-0.25, -0.2) is 4.79 Å². The first-order valence-electron chi connectivity index (χ1n) is 6.01. The van der Waals surface area contributed by atoms with Crippen LogP contribution in [0.1, 0.15) is 16.7 Å². The van der Waals surface area contributed by atoms with Crippen molar-refractivity contribution < 1.29 is 9.90 Å². The third-order valence-corrected chi connectivity index (χ3v) is 3.21. The summed E-state index contributed by atoms with van der Waals surface area (Å²) >= 11 is 0. The average molecular weight is 254 g/mol. The van der Waals surface area contributed by atoms with Crippen LogP contribution in [0, 0.1) is 18.3 Å². The van der Waals surface area contributed by atoms with E-state index in [-0.39, 0.29) is 0 Å². The molecule has 0 fully saturated rings. The zero-order valence-electron chi connectivity index (χ0n) is 10.6. The number of amides is 1. The van der Waals surface area contributed by atoms with Gasteiger partial charge in [-0.3, -0.25) is 0 Å². The molecule has 0 heterocycles. The lowest BCUT2D eigenvalue weighted by atomic mass is 9.93. The van der Waals surface area contributed by atoms with Crippen molar-refractivity contribution in [3.63, 3.8) is 0 Å². The van der Waals surface area contributed by atoms with Crippen molar-refractivity contribution in [3.05, 3.63) is 47.0 Å². The summed E-state index contributed by atoms with van der Waals surface area (Å²) in [7, 11) is 0. The van der Waals surface area contributed by atoms with E-state index >= 15 is 0 Å². The number of carbonyl (C=O) groups is 1. The fourth-order valence-electron chi connectivity index (χ4n) is 2.29. The second-order valence-corrected chi connectivity index (χ2v) is 4.34. The number of aryl methyl sites for hydroxylation is 1. The summed E-state index contributed by atoms with van der Waals surface area (Å²) in [4.78, 5) is 10.5. The fourth-order valence-corrected chi connectivity index (χ4v) is 2.29. The average Bonchev–Trinajstić information content (AvgIpc) is 2.40. The van der Waals surface area contributed by atoms with Crippen LogP contribution in [0.3, 0.4) is 0 Å². The Balaban J connectivity index is 2.44. The van der Waals surface area contributed by atoms with Gasteiger partial charge in [0.05, 0.1) is 11.6 Å². The number of rotatable bonds is 3. The van der Waals surface area contributed by atoms with Crippen molar-refractivity contribution in [2.75, 3.05) is 6.54 Å². The molecule has 2 rings (SSSR count). The maximum atomic E-state index is 10.5. The van der Waals surface area contributed by atoms with E-state index in [9.17, 15) is 10.1 Å². The normalized spacial score (nSPS) is 10.1. The molecule has 0 atom stereocenters. The van der Waals surface area contributed by atoms with Gasteiger partial charge < -0.3 is 10.4 Å². The van der Waals surface area contributed by atoms with Gasteiger partial charge in [0.1, 0.15) is 0 Å². The third kappa shape index (κ3) is 2.66. The molecule has 96 valence electrons. The fraction of sp³-hybridized carbons (Fsp3) is 0.200. The summed E-state index contributed by atoms with van der Waals surface area (Å²) in [6, 6.07) is 11.9. The smallest absolute Gasteiger partial charge is 0.404 e. The van der Waals surface area contributed by atoms with Gasteiger partial charge in [-0.2, -0.15) is 5.26 Å². The Hall–Kier alpha value is -2.54. The molecule has 0 aromatic heterocycles. The van der Waals surface area contributed by atoms with Crippen LogP contribution in [0.2, 0.25) is 0 Å². The van der Waals surface area contributed by atoms with Crippen molar-refractivity contribution in [1.29, 1.82) is 5.26 Å². The van der Waals surface area contributed by atoms with Crippen LogP contribution in [-0.4, -0.2) is 17.7 Å². The molecule has 0 spiro atoms. The predicted molar refractivity (Wildman–Crippen MR) is 73.1 cm³/mol. The molecule has 0 saturated heterocycles. The molecule has 2 aromatic rings. The van der Waals surface area contributed by atoms with E-state index in [1.165, 1.54) is 0 Å². The van der Waals surface area contributed by atoms with E-state index in [0.717, 1.165) is 21.9 Å². The summed E-state index contributed by atoms with van der Waals surface area (Å²) in [6.07, 6.45) is -0.525.